The van der Waals surface area contributed by atoms with Crippen molar-refractivity contribution in [1.82, 2.24) is 14.2 Å². The molecule has 0 unspecified atom stereocenters. The summed E-state index contributed by atoms with van der Waals surface area (Å²) in [5.74, 6) is 0.639. The van der Waals surface area contributed by atoms with Gasteiger partial charge in [-0.1, -0.05) is 17.7 Å². The molecule has 1 aliphatic rings. The van der Waals surface area contributed by atoms with E-state index in [9.17, 15) is 8.42 Å². The summed E-state index contributed by atoms with van der Waals surface area (Å²) < 4.78 is 33.7. The lowest BCUT2D eigenvalue weighted by Gasteiger charge is -2.27. The SMILES string of the molecule is COc1cc(CN2CCNCC2)c2ccn(S(=O)(=O)c3cccc(Cl)c3C)c2c1. The first kappa shape index (κ1) is 20.2. The lowest BCUT2D eigenvalue weighted by Crippen LogP contribution is -2.42. The molecular weight excluding hydrogens is 410 g/mol. The van der Waals surface area contributed by atoms with Gasteiger partial charge < -0.3 is 10.1 Å². The normalized spacial score (nSPS) is 15.7. The van der Waals surface area contributed by atoms with Crippen molar-refractivity contribution in [2.75, 3.05) is 33.3 Å². The van der Waals surface area contributed by atoms with E-state index in [1.165, 1.54) is 3.97 Å². The molecule has 2 heterocycles. The van der Waals surface area contributed by atoms with E-state index in [4.69, 9.17) is 16.3 Å². The van der Waals surface area contributed by atoms with Crippen molar-refractivity contribution in [3.05, 3.63) is 58.7 Å². The molecule has 1 aromatic heterocycles. The predicted molar refractivity (Wildman–Crippen MR) is 115 cm³/mol. The highest BCUT2D eigenvalue weighted by molar-refractivity contribution is 7.90. The number of hydrogen-bond donors (Lipinski definition) is 1. The third kappa shape index (κ3) is 3.75. The summed E-state index contributed by atoms with van der Waals surface area (Å²) in [5, 5.41) is 4.69. The zero-order valence-corrected chi connectivity index (χ0v) is 18.1. The van der Waals surface area contributed by atoms with Gasteiger partial charge in [0.2, 0.25) is 0 Å². The van der Waals surface area contributed by atoms with Crippen LogP contribution < -0.4 is 10.1 Å². The zero-order chi connectivity index (χ0) is 20.6. The number of piperazine rings is 1. The molecule has 154 valence electrons. The fourth-order valence-corrected chi connectivity index (χ4v) is 5.63. The molecule has 0 saturated carbocycles. The van der Waals surface area contributed by atoms with E-state index in [-0.39, 0.29) is 4.90 Å². The predicted octanol–water partition coefficient (Wildman–Crippen LogP) is 3.25. The van der Waals surface area contributed by atoms with Crippen LogP contribution >= 0.6 is 11.6 Å². The molecule has 3 aromatic rings. The third-order valence-corrected chi connectivity index (χ3v) is 7.67. The summed E-state index contributed by atoms with van der Waals surface area (Å²) in [7, 11) is -2.20. The molecule has 0 aliphatic carbocycles. The van der Waals surface area contributed by atoms with Crippen LogP contribution in [-0.4, -0.2) is 50.6 Å². The van der Waals surface area contributed by atoms with Gasteiger partial charge in [-0.2, -0.15) is 0 Å². The molecule has 4 rings (SSSR count). The van der Waals surface area contributed by atoms with Gasteiger partial charge in [-0.3, -0.25) is 4.90 Å². The van der Waals surface area contributed by atoms with Gasteiger partial charge in [-0.15, -0.1) is 0 Å². The molecule has 6 nitrogen and oxygen atoms in total. The van der Waals surface area contributed by atoms with Gasteiger partial charge in [0.05, 0.1) is 17.5 Å². The first-order chi connectivity index (χ1) is 13.9. The van der Waals surface area contributed by atoms with Gasteiger partial charge in [-0.05, 0) is 42.3 Å². The first-order valence-electron chi connectivity index (χ1n) is 9.53. The highest BCUT2D eigenvalue weighted by atomic mass is 35.5. The van der Waals surface area contributed by atoms with Gasteiger partial charge >= 0.3 is 0 Å². The molecule has 0 radical (unpaired) electrons. The monoisotopic (exact) mass is 433 g/mol. The Kier molecular flexibility index (Phi) is 5.57. The first-order valence-corrected chi connectivity index (χ1v) is 11.4. The number of nitrogens with zero attached hydrogens (tertiary/aromatic N) is 2. The minimum atomic E-state index is -3.80. The second kappa shape index (κ2) is 7.99. The maximum atomic E-state index is 13.4. The van der Waals surface area contributed by atoms with Gasteiger partial charge in [-0.25, -0.2) is 12.4 Å². The van der Waals surface area contributed by atoms with E-state index in [2.05, 4.69) is 10.2 Å². The van der Waals surface area contributed by atoms with Gasteiger partial charge in [0.15, 0.2) is 0 Å². The Morgan fingerprint density at radius 3 is 2.66 bits per heavy atom. The molecule has 0 atom stereocenters. The fraction of sp³-hybridized carbons (Fsp3) is 0.333. The van der Waals surface area contributed by atoms with Crippen LogP contribution in [0.1, 0.15) is 11.1 Å². The van der Waals surface area contributed by atoms with Crippen LogP contribution in [0.15, 0.2) is 47.5 Å². The van der Waals surface area contributed by atoms with Crippen LogP contribution in [0.5, 0.6) is 5.75 Å². The summed E-state index contributed by atoms with van der Waals surface area (Å²) in [6.07, 6.45) is 1.61. The summed E-state index contributed by atoms with van der Waals surface area (Å²) in [5.41, 5.74) is 2.20. The average molecular weight is 434 g/mol. The van der Waals surface area contributed by atoms with Gasteiger partial charge in [0.1, 0.15) is 5.75 Å². The van der Waals surface area contributed by atoms with E-state index in [1.807, 2.05) is 12.1 Å². The quantitative estimate of drug-likeness (QED) is 0.669. The number of benzene rings is 2. The lowest BCUT2D eigenvalue weighted by molar-refractivity contribution is 0.234. The number of nitrogens with one attached hydrogen (secondary N) is 1. The Morgan fingerprint density at radius 1 is 1.17 bits per heavy atom. The number of fused-ring (bicyclic) bond motifs is 1. The minimum absolute atomic E-state index is 0.203. The van der Waals surface area contributed by atoms with Crippen LogP contribution in [0.25, 0.3) is 10.9 Å². The summed E-state index contributed by atoms with van der Waals surface area (Å²) in [6.45, 7) is 6.29. The summed E-state index contributed by atoms with van der Waals surface area (Å²) >= 11 is 6.18. The van der Waals surface area contributed by atoms with Crippen LogP contribution in [0, 0.1) is 6.92 Å². The molecule has 0 spiro atoms. The number of rotatable bonds is 5. The molecule has 0 bridgehead atoms. The second-order valence-corrected chi connectivity index (χ2v) is 9.42. The van der Waals surface area contributed by atoms with Crippen LogP contribution in [0.2, 0.25) is 5.02 Å². The number of halogens is 1. The number of hydrogen-bond acceptors (Lipinski definition) is 5. The van der Waals surface area contributed by atoms with E-state index in [0.29, 0.717) is 21.9 Å². The van der Waals surface area contributed by atoms with Crippen molar-refractivity contribution in [2.24, 2.45) is 0 Å². The largest absolute Gasteiger partial charge is 0.497 e. The Labute approximate surface area is 176 Å². The molecular formula is C21H24ClN3O3S. The number of aromatic nitrogens is 1. The number of methoxy groups -OCH3 is 1. The molecule has 1 N–H and O–H groups in total. The highest BCUT2D eigenvalue weighted by Crippen LogP contribution is 2.32. The summed E-state index contributed by atoms with van der Waals surface area (Å²) in [4.78, 5) is 2.56. The Morgan fingerprint density at radius 2 is 1.93 bits per heavy atom. The smallest absolute Gasteiger partial charge is 0.268 e. The van der Waals surface area contributed by atoms with Gasteiger partial charge in [0, 0.05) is 55.4 Å². The fourth-order valence-electron chi connectivity index (χ4n) is 3.81. The molecule has 1 fully saturated rings. The van der Waals surface area contributed by atoms with E-state index >= 15 is 0 Å². The lowest BCUT2D eigenvalue weighted by atomic mass is 10.1. The Hall–Kier alpha value is -2.06. The van der Waals surface area contributed by atoms with Crippen molar-refractivity contribution >= 4 is 32.5 Å². The van der Waals surface area contributed by atoms with Crippen molar-refractivity contribution in [3.63, 3.8) is 0 Å². The molecule has 1 aliphatic heterocycles. The standard InChI is InChI=1S/C21H24ClN3O3S/c1-15-19(22)4-3-5-21(15)29(26,27)25-9-6-18-16(12-17(28-2)13-20(18)25)14-24-10-7-23-8-11-24/h3-6,9,12-13,23H,7-8,10-11,14H2,1-2H3. The van der Waals surface area contributed by atoms with Crippen molar-refractivity contribution in [3.8, 4) is 5.75 Å². The van der Waals surface area contributed by atoms with E-state index in [0.717, 1.165) is 43.7 Å². The topological polar surface area (TPSA) is 63.6 Å². The van der Waals surface area contributed by atoms with Crippen LogP contribution in [0.4, 0.5) is 0 Å². The van der Waals surface area contributed by atoms with E-state index < -0.39 is 10.0 Å². The van der Waals surface area contributed by atoms with Crippen LogP contribution in [0.3, 0.4) is 0 Å². The number of ether oxygens (including phenoxy) is 1. The minimum Gasteiger partial charge on any atom is -0.497 e. The van der Waals surface area contributed by atoms with Crippen molar-refractivity contribution in [1.29, 1.82) is 0 Å². The maximum absolute atomic E-state index is 13.4. The third-order valence-electron chi connectivity index (χ3n) is 5.43. The van der Waals surface area contributed by atoms with Crippen molar-refractivity contribution in [2.45, 2.75) is 18.4 Å². The maximum Gasteiger partial charge on any atom is 0.268 e. The molecule has 1 saturated heterocycles. The Bertz CT molecular complexity index is 1150. The second-order valence-electron chi connectivity index (χ2n) is 7.23. The molecule has 0 amide bonds. The van der Waals surface area contributed by atoms with Crippen LogP contribution in [-0.2, 0) is 16.6 Å². The van der Waals surface area contributed by atoms with Crippen molar-refractivity contribution < 1.29 is 13.2 Å². The molecule has 29 heavy (non-hydrogen) atoms. The Balaban J connectivity index is 1.84. The molecule has 8 heteroatoms. The van der Waals surface area contributed by atoms with Gasteiger partial charge in [0.25, 0.3) is 10.0 Å². The van der Waals surface area contributed by atoms with E-state index in [1.54, 1.807) is 44.5 Å². The molecule has 2 aromatic carbocycles. The average Bonchev–Trinajstić information content (AvgIpc) is 3.15. The zero-order valence-electron chi connectivity index (χ0n) is 16.5. The summed E-state index contributed by atoms with van der Waals surface area (Å²) in [6, 6.07) is 10.6. The highest BCUT2D eigenvalue weighted by Gasteiger charge is 2.24.